The van der Waals surface area contributed by atoms with Crippen molar-refractivity contribution in [3.8, 4) is 0 Å². The topological polar surface area (TPSA) is 95.2 Å². The van der Waals surface area contributed by atoms with Crippen molar-refractivity contribution < 1.29 is 14.6 Å². The molecule has 0 bridgehead atoms. The molecule has 1 heterocycles. The molecule has 1 aromatic heterocycles. The van der Waals surface area contributed by atoms with Crippen LogP contribution in [0.1, 0.15) is 29.7 Å². The van der Waals surface area contributed by atoms with E-state index in [2.05, 4.69) is 26.1 Å². The Kier molecular flexibility index (Phi) is 3.93. The molecule has 1 aliphatic rings. The number of rotatable bonds is 2. The minimum absolute atomic E-state index is 0.174. The largest absolute Gasteiger partial charge is 0.469 e. The highest BCUT2D eigenvalue weighted by molar-refractivity contribution is 9.10. The molecular weight excluding hydrogens is 364 g/mol. The molecule has 1 aliphatic carbocycles. The van der Waals surface area contributed by atoms with Gasteiger partial charge in [-0.25, -0.2) is 0 Å². The van der Waals surface area contributed by atoms with Crippen LogP contribution in [0.25, 0.3) is 0 Å². The van der Waals surface area contributed by atoms with Crippen LogP contribution < -0.4 is 5.56 Å². The summed E-state index contributed by atoms with van der Waals surface area (Å²) in [4.78, 5) is 24.6. The Balaban J connectivity index is 2.24. The van der Waals surface area contributed by atoms with Crippen LogP contribution in [0.2, 0.25) is 0 Å². The minimum atomic E-state index is -1.33. The third-order valence-corrected chi connectivity index (χ3v) is 4.96. The number of carbonyl (C=O) groups is 1. The van der Waals surface area contributed by atoms with E-state index in [9.17, 15) is 14.7 Å². The smallest absolute Gasteiger partial charge is 0.312 e. The third kappa shape index (κ3) is 2.64. The predicted octanol–water partition coefficient (Wildman–Crippen LogP) is 1.69. The Bertz CT molecular complexity index is 791. The summed E-state index contributed by atoms with van der Waals surface area (Å²) in [5.74, 6) is -1.98. The average molecular weight is 381 g/mol. The van der Waals surface area contributed by atoms with Crippen molar-refractivity contribution in [3.05, 3.63) is 55.9 Å². The Hall–Kier alpha value is -1.86. The number of carbonyl (C=O) groups excluding carboxylic acids is 1. The molecule has 3 N–H and O–H groups in total. The maximum atomic E-state index is 12.4. The van der Waals surface area contributed by atoms with Gasteiger partial charge in [0.1, 0.15) is 0 Å². The molecule has 0 radical (unpaired) electrons. The fourth-order valence-electron chi connectivity index (χ4n) is 3.41. The van der Waals surface area contributed by atoms with Gasteiger partial charge in [-0.2, -0.15) is 0 Å². The lowest BCUT2D eigenvalue weighted by molar-refractivity contribution is -0.156. The van der Waals surface area contributed by atoms with Crippen LogP contribution in [0.3, 0.4) is 0 Å². The number of H-pyrrole nitrogens is 2. The number of nitrogens with one attached hydrogen (secondary N) is 2. The SMILES string of the molecule is COC(=O)C1C(c2ccc(Br)cc2)c2c([nH][nH]c2=O)CC1(C)O. The van der Waals surface area contributed by atoms with E-state index in [1.807, 2.05) is 24.3 Å². The molecular formula is C16H17BrN2O4. The Labute approximate surface area is 141 Å². The van der Waals surface area contributed by atoms with E-state index in [4.69, 9.17) is 4.74 Å². The first kappa shape index (κ1) is 16.0. The third-order valence-electron chi connectivity index (χ3n) is 4.43. The fourth-order valence-corrected chi connectivity index (χ4v) is 3.68. The zero-order valence-electron chi connectivity index (χ0n) is 12.7. The van der Waals surface area contributed by atoms with E-state index >= 15 is 0 Å². The number of hydrogen-bond acceptors (Lipinski definition) is 4. The number of halogens is 1. The van der Waals surface area contributed by atoms with Crippen molar-refractivity contribution in [3.63, 3.8) is 0 Å². The van der Waals surface area contributed by atoms with Gasteiger partial charge < -0.3 is 14.9 Å². The molecule has 0 spiro atoms. The standard InChI is InChI=1S/C16H17BrN2O4/c1-16(22)7-10-12(14(20)19-18-10)11(13(16)15(21)23-2)8-3-5-9(17)6-4-8/h3-6,11,13,22H,7H2,1-2H3,(H2,18,19,20). The van der Waals surface area contributed by atoms with Gasteiger partial charge in [-0.3, -0.25) is 14.7 Å². The van der Waals surface area contributed by atoms with Crippen molar-refractivity contribution >= 4 is 21.9 Å². The van der Waals surface area contributed by atoms with Gasteiger partial charge in [0, 0.05) is 28.1 Å². The summed E-state index contributed by atoms with van der Waals surface area (Å²) in [5, 5.41) is 16.2. The Morgan fingerprint density at radius 3 is 2.61 bits per heavy atom. The molecule has 7 heteroatoms. The van der Waals surface area contributed by atoms with E-state index < -0.39 is 23.4 Å². The summed E-state index contributed by atoms with van der Waals surface area (Å²) in [5.41, 5.74) is 0.262. The summed E-state index contributed by atoms with van der Waals surface area (Å²) >= 11 is 3.37. The average Bonchev–Trinajstić information content (AvgIpc) is 2.85. The van der Waals surface area contributed by atoms with Gasteiger partial charge >= 0.3 is 5.97 Å². The maximum absolute atomic E-state index is 12.4. The van der Waals surface area contributed by atoms with Crippen LogP contribution in [0.5, 0.6) is 0 Å². The van der Waals surface area contributed by atoms with E-state index in [0.717, 1.165) is 10.0 Å². The number of esters is 1. The molecule has 2 aromatic rings. The molecule has 1 aromatic carbocycles. The molecule has 0 aliphatic heterocycles. The molecule has 0 amide bonds. The summed E-state index contributed by atoms with van der Waals surface area (Å²) in [6.45, 7) is 1.59. The lowest BCUT2D eigenvalue weighted by atomic mass is 9.66. The summed E-state index contributed by atoms with van der Waals surface area (Å²) in [7, 11) is 1.29. The normalized spacial score (nSPS) is 26.6. The van der Waals surface area contributed by atoms with Crippen LogP contribution in [-0.4, -0.2) is 34.0 Å². The van der Waals surface area contributed by atoms with Gasteiger partial charge in [0.25, 0.3) is 5.56 Å². The monoisotopic (exact) mass is 380 g/mol. The first-order valence-electron chi connectivity index (χ1n) is 7.20. The second kappa shape index (κ2) is 5.65. The fraction of sp³-hybridized carbons (Fsp3) is 0.375. The predicted molar refractivity (Wildman–Crippen MR) is 87.2 cm³/mol. The number of benzene rings is 1. The first-order valence-corrected chi connectivity index (χ1v) is 7.99. The van der Waals surface area contributed by atoms with E-state index in [-0.39, 0.29) is 12.0 Å². The molecule has 3 atom stereocenters. The van der Waals surface area contributed by atoms with Crippen molar-refractivity contribution in [2.24, 2.45) is 5.92 Å². The second-order valence-electron chi connectivity index (χ2n) is 6.04. The van der Waals surface area contributed by atoms with E-state index in [1.165, 1.54) is 7.11 Å². The van der Waals surface area contributed by atoms with Crippen LogP contribution in [-0.2, 0) is 16.0 Å². The quantitative estimate of drug-likeness (QED) is 0.690. The van der Waals surface area contributed by atoms with Crippen molar-refractivity contribution in [1.29, 1.82) is 0 Å². The van der Waals surface area contributed by atoms with Gasteiger partial charge in [0.2, 0.25) is 0 Å². The number of ether oxygens (including phenoxy) is 1. The van der Waals surface area contributed by atoms with Gasteiger partial charge in [0.15, 0.2) is 0 Å². The van der Waals surface area contributed by atoms with Crippen molar-refractivity contribution in [2.45, 2.75) is 24.9 Å². The number of fused-ring (bicyclic) bond motifs is 1. The van der Waals surface area contributed by atoms with Gasteiger partial charge in [-0.05, 0) is 24.6 Å². The molecule has 0 saturated carbocycles. The zero-order chi connectivity index (χ0) is 16.8. The molecule has 0 fully saturated rings. The van der Waals surface area contributed by atoms with Gasteiger partial charge in [0.05, 0.1) is 18.6 Å². The summed E-state index contributed by atoms with van der Waals surface area (Å²) in [6, 6.07) is 7.35. The highest BCUT2D eigenvalue weighted by atomic mass is 79.9. The van der Waals surface area contributed by atoms with Gasteiger partial charge in [-0.1, -0.05) is 28.1 Å². The Morgan fingerprint density at radius 1 is 1.35 bits per heavy atom. The van der Waals surface area contributed by atoms with Crippen molar-refractivity contribution in [2.75, 3.05) is 7.11 Å². The summed E-state index contributed by atoms with van der Waals surface area (Å²) in [6.07, 6.45) is 0.174. The number of methoxy groups -OCH3 is 1. The van der Waals surface area contributed by atoms with E-state index in [0.29, 0.717) is 11.3 Å². The maximum Gasteiger partial charge on any atom is 0.312 e. The first-order chi connectivity index (χ1) is 10.8. The van der Waals surface area contributed by atoms with Crippen molar-refractivity contribution in [1.82, 2.24) is 10.2 Å². The number of aliphatic hydroxyl groups is 1. The molecule has 3 unspecified atom stereocenters. The Morgan fingerprint density at radius 2 is 2.00 bits per heavy atom. The molecule has 23 heavy (non-hydrogen) atoms. The van der Waals surface area contributed by atoms with Gasteiger partial charge in [-0.15, -0.1) is 0 Å². The molecule has 122 valence electrons. The minimum Gasteiger partial charge on any atom is -0.469 e. The highest BCUT2D eigenvalue weighted by Gasteiger charge is 2.50. The lowest BCUT2D eigenvalue weighted by Crippen LogP contribution is -2.49. The van der Waals surface area contributed by atoms with Crippen LogP contribution in [0.15, 0.2) is 33.5 Å². The molecule has 6 nitrogen and oxygen atoms in total. The molecule has 0 saturated heterocycles. The van der Waals surface area contributed by atoms with E-state index in [1.54, 1.807) is 6.92 Å². The highest BCUT2D eigenvalue weighted by Crippen LogP contribution is 2.44. The number of hydrogen-bond donors (Lipinski definition) is 3. The lowest BCUT2D eigenvalue weighted by Gasteiger charge is -2.40. The number of aromatic nitrogens is 2. The number of aromatic amines is 2. The molecule has 3 rings (SSSR count). The van der Waals surface area contributed by atoms with Crippen LogP contribution in [0, 0.1) is 5.92 Å². The second-order valence-corrected chi connectivity index (χ2v) is 6.95. The van der Waals surface area contributed by atoms with Crippen LogP contribution in [0.4, 0.5) is 0 Å². The van der Waals surface area contributed by atoms with Crippen LogP contribution >= 0.6 is 15.9 Å². The zero-order valence-corrected chi connectivity index (χ0v) is 14.3. The summed E-state index contributed by atoms with van der Waals surface area (Å²) < 4.78 is 5.79.